The molecule has 4 aromatic rings. The summed E-state index contributed by atoms with van der Waals surface area (Å²) in [6.45, 7) is 5.07. The van der Waals surface area contributed by atoms with Crippen LogP contribution in [0.3, 0.4) is 0 Å². The number of allylic oxidation sites excluding steroid dienone is 4. The molecule has 13 heteroatoms. The number of aromatic nitrogens is 5. The summed E-state index contributed by atoms with van der Waals surface area (Å²) in [6.07, 6.45) is 3.36. The SMILES string of the molecule is COc1cc2nc(CCn3c(=O)n4n(c3=O)[C@@H]3C[C@H]5C(=O)C(C)=CC(=O)[C@@]5(C)[C@@H](c5cccc(C)c5O)C3=CC4)c(=O)n(C)c2cc1OC. The van der Waals surface area contributed by atoms with Crippen molar-refractivity contribution in [2.24, 2.45) is 18.4 Å². The number of para-hydroxylation sites is 1. The Morgan fingerprint density at radius 1 is 1.02 bits per heavy atom. The van der Waals surface area contributed by atoms with Crippen molar-refractivity contribution in [3.63, 3.8) is 0 Å². The molecular weight excluding hydrogens is 630 g/mol. The molecule has 254 valence electrons. The molecule has 2 aromatic heterocycles. The average molecular weight is 668 g/mol. The van der Waals surface area contributed by atoms with Crippen molar-refractivity contribution >= 4 is 22.6 Å². The molecule has 0 spiro atoms. The van der Waals surface area contributed by atoms with Crippen molar-refractivity contribution in [1.29, 1.82) is 0 Å². The Labute approximate surface area is 280 Å². The van der Waals surface area contributed by atoms with Crippen LogP contribution in [0.5, 0.6) is 17.2 Å². The molecule has 13 nitrogen and oxygen atoms in total. The number of nitrogens with zero attached hydrogens (tertiary/aromatic N) is 5. The van der Waals surface area contributed by atoms with Crippen molar-refractivity contribution in [1.82, 2.24) is 23.5 Å². The summed E-state index contributed by atoms with van der Waals surface area (Å²) >= 11 is 0. The molecule has 0 unspecified atom stereocenters. The number of benzene rings is 2. The molecule has 7 rings (SSSR count). The second kappa shape index (κ2) is 11.3. The number of Topliss-reactive ketones (excluding diaryl/α,β-unsaturated/α-hetero) is 1. The number of fused-ring (bicyclic) bond motifs is 5. The zero-order chi connectivity index (χ0) is 35.1. The number of phenolic OH excluding ortho intramolecular Hbond substituents is 1. The van der Waals surface area contributed by atoms with Gasteiger partial charge in [0.2, 0.25) is 0 Å². The number of methoxy groups -OCH3 is 2. The maximum atomic E-state index is 14.2. The summed E-state index contributed by atoms with van der Waals surface area (Å²) < 4.78 is 16.0. The molecule has 2 aromatic carbocycles. The Morgan fingerprint density at radius 2 is 1.73 bits per heavy atom. The van der Waals surface area contributed by atoms with Crippen LogP contribution in [0.2, 0.25) is 0 Å². The molecule has 3 aliphatic rings. The van der Waals surface area contributed by atoms with Crippen molar-refractivity contribution < 1.29 is 24.2 Å². The molecule has 0 bridgehead atoms. The highest BCUT2D eigenvalue weighted by Crippen LogP contribution is 2.60. The van der Waals surface area contributed by atoms with E-state index in [-0.39, 0.29) is 54.5 Å². The van der Waals surface area contributed by atoms with E-state index in [1.165, 1.54) is 34.2 Å². The zero-order valence-corrected chi connectivity index (χ0v) is 28.1. The van der Waals surface area contributed by atoms with Crippen LogP contribution in [0.15, 0.2) is 68.0 Å². The maximum Gasteiger partial charge on any atom is 0.347 e. The summed E-state index contributed by atoms with van der Waals surface area (Å²) in [5, 5.41) is 11.3. The lowest BCUT2D eigenvalue weighted by Crippen LogP contribution is -2.54. The summed E-state index contributed by atoms with van der Waals surface area (Å²) in [5.41, 5.74) is 0.571. The lowest BCUT2D eigenvalue weighted by atomic mass is 9.51. The van der Waals surface area contributed by atoms with Gasteiger partial charge in [-0.15, -0.1) is 0 Å². The van der Waals surface area contributed by atoms with Gasteiger partial charge in [-0.1, -0.05) is 31.2 Å². The topological polar surface area (TPSA) is 157 Å². The fraction of sp³-hybridized carbons (Fsp3) is 0.389. The van der Waals surface area contributed by atoms with Crippen molar-refractivity contribution in [3.8, 4) is 17.2 Å². The third-order valence-corrected chi connectivity index (χ3v) is 10.8. The van der Waals surface area contributed by atoms with Crippen molar-refractivity contribution in [2.75, 3.05) is 14.2 Å². The van der Waals surface area contributed by atoms with Gasteiger partial charge in [-0.2, -0.15) is 0 Å². The van der Waals surface area contributed by atoms with E-state index in [2.05, 4.69) is 4.98 Å². The number of ether oxygens (including phenoxy) is 2. The lowest BCUT2D eigenvalue weighted by Gasteiger charge is -2.52. The molecule has 0 radical (unpaired) electrons. The Bertz CT molecular complexity index is 2360. The summed E-state index contributed by atoms with van der Waals surface area (Å²) in [4.78, 5) is 73.5. The van der Waals surface area contributed by atoms with E-state index in [4.69, 9.17) is 9.47 Å². The zero-order valence-electron chi connectivity index (χ0n) is 28.1. The van der Waals surface area contributed by atoms with E-state index in [1.807, 2.05) is 6.08 Å². The van der Waals surface area contributed by atoms with Gasteiger partial charge in [0.05, 0.1) is 43.3 Å². The average Bonchev–Trinajstić information content (AvgIpc) is 3.33. The molecule has 1 saturated carbocycles. The summed E-state index contributed by atoms with van der Waals surface area (Å²) in [7, 11) is 4.61. The number of hydrogen-bond donors (Lipinski definition) is 1. The van der Waals surface area contributed by atoms with Gasteiger partial charge in [0, 0.05) is 49.5 Å². The predicted molar refractivity (Wildman–Crippen MR) is 179 cm³/mol. The van der Waals surface area contributed by atoms with Gasteiger partial charge in [-0.25, -0.2) is 28.5 Å². The monoisotopic (exact) mass is 667 g/mol. The number of aryl methyl sites for hydroxylation is 3. The van der Waals surface area contributed by atoms with Crippen molar-refractivity contribution in [2.45, 2.75) is 58.7 Å². The van der Waals surface area contributed by atoms with E-state index in [0.29, 0.717) is 44.8 Å². The highest BCUT2D eigenvalue weighted by Gasteiger charge is 2.59. The first-order valence-electron chi connectivity index (χ1n) is 16.1. The largest absolute Gasteiger partial charge is 0.507 e. The van der Waals surface area contributed by atoms with Crippen LogP contribution >= 0.6 is 0 Å². The molecule has 0 saturated heterocycles. The normalized spacial score (nSPS) is 23.0. The number of phenols is 1. The third-order valence-electron chi connectivity index (χ3n) is 10.8. The molecule has 1 N–H and O–H groups in total. The Morgan fingerprint density at radius 3 is 2.45 bits per heavy atom. The van der Waals surface area contributed by atoms with E-state index in [0.717, 1.165) is 4.57 Å². The standard InChI is InChI=1S/C36H37N5O8/c1-18-8-7-9-21(31(18)43)30-20-10-13-40-34(46)39(35(47)41(40)25(20)15-22-32(44)19(2)14-29(42)36(22,30)3)12-11-23-33(45)38(4)26-17-28(49-6)27(48-5)16-24(26)37-23/h7-10,14,16-17,22,25,30,43H,11-13,15H2,1-6H3/t22-,25+,30+,36-/m0/s1. The van der Waals surface area contributed by atoms with E-state index < -0.39 is 34.7 Å². The summed E-state index contributed by atoms with van der Waals surface area (Å²) in [5.74, 6) is -1.03. The number of carbonyl (C=O) groups excluding carboxylic acids is 2. The molecular formula is C36H37N5O8. The second-order valence-electron chi connectivity index (χ2n) is 13.3. The van der Waals surface area contributed by atoms with Crippen LogP contribution in [-0.2, 0) is 36.1 Å². The van der Waals surface area contributed by atoms with Gasteiger partial charge in [0.25, 0.3) is 5.56 Å². The first-order chi connectivity index (χ1) is 23.3. The predicted octanol–water partition coefficient (Wildman–Crippen LogP) is 2.72. The quantitative estimate of drug-likeness (QED) is 0.306. The number of hydrogen-bond acceptors (Lipinski definition) is 9. The lowest BCUT2D eigenvalue weighted by molar-refractivity contribution is -0.139. The van der Waals surface area contributed by atoms with Gasteiger partial charge in [-0.3, -0.25) is 14.4 Å². The molecule has 3 heterocycles. The first kappa shape index (κ1) is 32.1. The van der Waals surface area contributed by atoms with Gasteiger partial charge >= 0.3 is 11.4 Å². The van der Waals surface area contributed by atoms with Gasteiger partial charge < -0.3 is 19.1 Å². The van der Waals surface area contributed by atoms with Gasteiger partial charge in [-0.05, 0) is 43.1 Å². The maximum absolute atomic E-state index is 14.2. The van der Waals surface area contributed by atoms with E-state index >= 15 is 0 Å². The van der Waals surface area contributed by atoms with Gasteiger partial charge in [0.15, 0.2) is 23.1 Å². The minimum Gasteiger partial charge on any atom is -0.507 e. The van der Waals surface area contributed by atoms with Crippen LogP contribution in [0.1, 0.15) is 49.0 Å². The second-order valence-corrected chi connectivity index (χ2v) is 13.3. The number of aromatic hydroxyl groups is 1. The minimum absolute atomic E-state index is 0.00146. The van der Waals surface area contributed by atoms with Crippen LogP contribution in [0, 0.1) is 18.3 Å². The third kappa shape index (κ3) is 4.51. The molecule has 1 fully saturated rings. The van der Waals surface area contributed by atoms with E-state index in [1.54, 1.807) is 58.2 Å². The first-order valence-corrected chi connectivity index (χ1v) is 16.1. The molecule has 0 amide bonds. The smallest absolute Gasteiger partial charge is 0.347 e. The number of ketones is 2. The molecule has 2 aliphatic carbocycles. The van der Waals surface area contributed by atoms with Crippen LogP contribution in [-0.4, -0.2) is 54.4 Å². The summed E-state index contributed by atoms with van der Waals surface area (Å²) in [6, 6.07) is 7.91. The Kier molecular flexibility index (Phi) is 7.41. The van der Waals surface area contributed by atoms with Crippen LogP contribution in [0.25, 0.3) is 11.0 Å². The Balaban J connectivity index is 1.31. The number of rotatable bonds is 6. The van der Waals surface area contributed by atoms with E-state index in [9.17, 15) is 29.1 Å². The fourth-order valence-electron chi connectivity index (χ4n) is 8.13. The van der Waals surface area contributed by atoms with Gasteiger partial charge in [0.1, 0.15) is 11.4 Å². The molecule has 1 aliphatic heterocycles. The van der Waals surface area contributed by atoms with Crippen LogP contribution in [0.4, 0.5) is 0 Å². The highest BCUT2D eigenvalue weighted by atomic mass is 16.5. The van der Waals surface area contributed by atoms with Crippen LogP contribution < -0.4 is 26.4 Å². The fourth-order valence-corrected chi connectivity index (χ4v) is 8.13. The highest BCUT2D eigenvalue weighted by molar-refractivity contribution is 6.13. The minimum atomic E-state index is -1.21. The van der Waals surface area contributed by atoms with Crippen molar-refractivity contribution in [3.05, 3.63) is 102 Å². The molecule has 49 heavy (non-hydrogen) atoms. The number of carbonyl (C=O) groups is 2. The molecule has 4 atom stereocenters. The Hall–Kier alpha value is -5.46.